The van der Waals surface area contributed by atoms with Gasteiger partial charge in [0, 0.05) is 0 Å². The third kappa shape index (κ3) is 1.89. The molecule has 0 bridgehead atoms. The van der Waals surface area contributed by atoms with Crippen molar-refractivity contribution in [3.8, 4) is 0 Å². The zero-order valence-electron chi connectivity index (χ0n) is 7.23. The Bertz CT molecular complexity index is 275. The normalized spacial score (nSPS) is 16.5. The largest absolute Gasteiger partial charge is 0.472 e. The molecule has 1 saturated heterocycles. The number of furan rings is 1. The van der Waals surface area contributed by atoms with Gasteiger partial charge in [0.25, 0.3) is 5.91 Å². The highest BCUT2D eigenvalue weighted by atomic mass is 16.7. The predicted molar refractivity (Wildman–Crippen MR) is 44.7 cm³/mol. The van der Waals surface area contributed by atoms with Gasteiger partial charge >= 0.3 is 0 Å². The van der Waals surface area contributed by atoms with E-state index in [-0.39, 0.29) is 5.91 Å². The van der Waals surface area contributed by atoms with Crippen molar-refractivity contribution in [2.45, 2.75) is 12.8 Å². The van der Waals surface area contributed by atoms with E-state index in [1.54, 1.807) is 18.6 Å². The van der Waals surface area contributed by atoms with Crippen LogP contribution < -0.4 is 0 Å². The summed E-state index contributed by atoms with van der Waals surface area (Å²) in [5, 5.41) is 1.42. The lowest BCUT2D eigenvalue weighted by molar-refractivity contribution is -0.167. The van der Waals surface area contributed by atoms with Gasteiger partial charge in [-0.05, 0) is 18.1 Å². The molecular formula is C9H11NO3. The molecule has 0 aliphatic carbocycles. The predicted octanol–water partition coefficient (Wildman–Crippen LogP) is 0.986. The second-order valence-corrected chi connectivity index (χ2v) is 2.99. The van der Waals surface area contributed by atoms with Crippen LogP contribution in [0, 0.1) is 0 Å². The number of carbonyl (C=O) groups is 1. The van der Waals surface area contributed by atoms with E-state index in [1.165, 1.54) is 5.06 Å². The SMILES string of the molecule is O=C(Cc1ccoc1)N1CCCO1. The van der Waals surface area contributed by atoms with E-state index in [1.807, 2.05) is 0 Å². The van der Waals surface area contributed by atoms with E-state index in [2.05, 4.69) is 0 Å². The average molecular weight is 181 g/mol. The Morgan fingerprint density at radius 3 is 3.15 bits per heavy atom. The molecule has 1 amide bonds. The van der Waals surface area contributed by atoms with Gasteiger partial charge in [0.05, 0.1) is 32.1 Å². The van der Waals surface area contributed by atoms with Gasteiger partial charge in [-0.25, -0.2) is 5.06 Å². The van der Waals surface area contributed by atoms with Crippen molar-refractivity contribution in [3.05, 3.63) is 24.2 Å². The molecule has 0 unspecified atom stereocenters. The number of rotatable bonds is 2. The first-order valence-electron chi connectivity index (χ1n) is 4.30. The number of hydrogen-bond donors (Lipinski definition) is 0. The molecule has 0 aromatic carbocycles. The summed E-state index contributed by atoms with van der Waals surface area (Å²) in [4.78, 5) is 16.6. The maximum absolute atomic E-state index is 11.5. The first-order valence-corrected chi connectivity index (χ1v) is 4.30. The Morgan fingerprint density at radius 1 is 1.62 bits per heavy atom. The van der Waals surface area contributed by atoms with Crippen LogP contribution in [0.3, 0.4) is 0 Å². The molecule has 70 valence electrons. The summed E-state index contributed by atoms with van der Waals surface area (Å²) in [6.45, 7) is 1.35. The van der Waals surface area contributed by atoms with Crippen LogP contribution in [0.5, 0.6) is 0 Å². The molecule has 13 heavy (non-hydrogen) atoms. The topological polar surface area (TPSA) is 42.7 Å². The highest BCUT2D eigenvalue weighted by Crippen LogP contribution is 2.08. The third-order valence-corrected chi connectivity index (χ3v) is 1.97. The zero-order valence-corrected chi connectivity index (χ0v) is 7.23. The van der Waals surface area contributed by atoms with Gasteiger partial charge in [-0.3, -0.25) is 9.63 Å². The molecule has 0 atom stereocenters. The number of hydrogen-bond acceptors (Lipinski definition) is 3. The number of nitrogens with zero attached hydrogens (tertiary/aromatic N) is 1. The lowest BCUT2D eigenvalue weighted by Gasteiger charge is -2.12. The van der Waals surface area contributed by atoms with Crippen molar-refractivity contribution in [1.29, 1.82) is 0 Å². The summed E-state index contributed by atoms with van der Waals surface area (Å²) < 4.78 is 4.87. The molecule has 2 rings (SSSR count). The molecule has 0 spiro atoms. The summed E-state index contributed by atoms with van der Waals surface area (Å²) in [5.41, 5.74) is 0.889. The molecule has 0 radical (unpaired) electrons. The minimum atomic E-state index is -0.00102. The van der Waals surface area contributed by atoms with Crippen LogP contribution in [0.25, 0.3) is 0 Å². The smallest absolute Gasteiger partial charge is 0.250 e. The van der Waals surface area contributed by atoms with Crippen molar-refractivity contribution < 1.29 is 14.0 Å². The summed E-state index contributed by atoms with van der Waals surface area (Å²) in [6.07, 6.45) is 4.43. The molecule has 0 N–H and O–H groups in total. The molecule has 2 heterocycles. The van der Waals surface area contributed by atoms with E-state index >= 15 is 0 Å². The third-order valence-electron chi connectivity index (χ3n) is 1.97. The number of amides is 1. The van der Waals surface area contributed by atoms with Crippen LogP contribution >= 0.6 is 0 Å². The molecule has 1 aromatic heterocycles. The van der Waals surface area contributed by atoms with E-state index in [0.29, 0.717) is 19.6 Å². The Labute approximate surface area is 76.0 Å². The van der Waals surface area contributed by atoms with Gasteiger partial charge in [0.15, 0.2) is 0 Å². The van der Waals surface area contributed by atoms with Gasteiger partial charge in [0.1, 0.15) is 0 Å². The van der Waals surface area contributed by atoms with Crippen molar-refractivity contribution >= 4 is 5.91 Å². The second kappa shape index (κ2) is 3.62. The minimum absolute atomic E-state index is 0.00102. The summed E-state index contributed by atoms with van der Waals surface area (Å²) >= 11 is 0. The molecule has 1 aliphatic rings. The van der Waals surface area contributed by atoms with Crippen LogP contribution in [0.2, 0.25) is 0 Å². The number of hydroxylamine groups is 2. The van der Waals surface area contributed by atoms with Gasteiger partial charge in [-0.1, -0.05) is 0 Å². The monoisotopic (exact) mass is 181 g/mol. The van der Waals surface area contributed by atoms with Crippen molar-refractivity contribution in [2.24, 2.45) is 0 Å². The molecule has 1 aromatic rings. The zero-order chi connectivity index (χ0) is 9.10. The van der Waals surface area contributed by atoms with Crippen LogP contribution in [0.4, 0.5) is 0 Å². The van der Waals surface area contributed by atoms with E-state index in [4.69, 9.17) is 9.25 Å². The fraction of sp³-hybridized carbons (Fsp3) is 0.444. The van der Waals surface area contributed by atoms with E-state index in [9.17, 15) is 4.79 Å². The molecule has 1 fully saturated rings. The van der Waals surface area contributed by atoms with Crippen molar-refractivity contribution in [2.75, 3.05) is 13.2 Å². The highest BCUT2D eigenvalue weighted by Gasteiger charge is 2.19. The first-order chi connectivity index (χ1) is 6.36. The van der Waals surface area contributed by atoms with Crippen LogP contribution in [0.1, 0.15) is 12.0 Å². The number of carbonyl (C=O) groups excluding carboxylic acids is 1. The lowest BCUT2D eigenvalue weighted by Crippen LogP contribution is -2.27. The van der Waals surface area contributed by atoms with E-state index < -0.39 is 0 Å². The van der Waals surface area contributed by atoms with Gasteiger partial charge in [-0.15, -0.1) is 0 Å². The molecule has 1 aliphatic heterocycles. The summed E-state index contributed by atoms with van der Waals surface area (Å²) in [7, 11) is 0. The molecule has 4 nitrogen and oxygen atoms in total. The van der Waals surface area contributed by atoms with Crippen molar-refractivity contribution in [1.82, 2.24) is 5.06 Å². The Hall–Kier alpha value is -1.29. The van der Waals surface area contributed by atoms with Crippen LogP contribution in [0.15, 0.2) is 23.0 Å². The average Bonchev–Trinajstić information content (AvgIpc) is 2.74. The standard InChI is InChI=1S/C9H11NO3/c11-9(10-3-1-4-13-10)6-8-2-5-12-7-8/h2,5,7H,1,3-4,6H2. The molecule has 0 saturated carbocycles. The van der Waals surface area contributed by atoms with Gasteiger partial charge in [0.2, 0.25) is 0 Å². The quantitative estimate of drug-likeness (QED) is 0.683. The maximum Gasteiger partial charge on any atom is 0.250 e. The fourth-order valence-corrected chi connectivity index (χ4v) is 1.30. The Kier molecular flexibility index (Phi) is 2.31. The van der Waals surface area contributed by atoms with Gasteiger partial charge in [-0.2, -0.15) is 0 Å². The highest BCUT2D eigenvalue weighted by molar-refractivity contribution is 5.77. The van der Waals surface area contributed by atoms with Crippen LogP contribution in [-0.4, -0.2) is 24.1 Å². The minimum Gasteiger partial charge on any atom is -0.472 e. The maximum atomic E-state index is 11.5. The first kappa shape index (κ1) is 8.31. The lowest BCUT2D eigenvalue weighted by atomic mass is 10.2. The molecule has 4 heteroatoms. The second-order valence-electron chi connectivity index (χ2n) is 2.99. The Morgan fingerprint density at radius 2 is 2.54 bits per heavy atom. The van der Waals surface area contributed by atoms with Crippen LogP contribution in [-0.2, 0) is 16.1 Å². The molecular weight excluding hydrogens is 170 g/mol. The Balaban J connectivity index is 1.91. The summed E-state index contributed by atoms with van der Waals surface area (Å²) in [5.74, 6) is -0.00102. The van der Waals surface area contributed by atoms with Crippen molar-refractivity contribution in [3.63, 3.8) is 0 Å². The fourth-order valence-electron chi connectivity index (χ4n) is 1.30. The van der Waals surface area contributed by atoms with Gasteiger partial charge < -0.3 is 4.42 Å². The summed E-state index contributed by atoms with van der Waals surface area (Å²) in [6, 6.07) is 1.79. The van der Waals surface area contributed by atoms with E-state index in [0.717, 1.165) is 12.0 Å².